The van der Waals surface area contributed by atoms with Gasteiger partial charge < -0.3 is 5.32 Å². The molecule has 0 radical (unpaired) electrons. The van der Waals surface area contributed by atoms with Crippen LogP contribution in [0.1, 0.15) is 39.5 Å². The molecule has 0 amide bonds. The van der Waals surface area contributed by atoms with Gasteiger partial charge in [-0.15, -0.1) is 0 Å². The van der Waals surface area contributed by atoms with Gasteiger partial charge in [0.05, 0.1) is 0 Å². The van der Waals surface area contributed by atoms with Crippen LogP contribution < -0.4 is 5.32 Å². The van der Waals surface area contributed by atoms with Crippen molar-refractivity contribution in [3.63, 3.8) is 0 Å². The van der Waals surface area contributed by atoms with Gasteiger partial charge in [0, 0.05) is 24.9 Å². The zero-order chi connectivity index (χ0) is 8.32. The van der Waals surface area contributed by atoms with E-state index in [-0.39, 0.29) is 5.54 Å². The monoisotopic (exact) mass is 155 g/mol. The molecule has 0 aliphatic carbocycles. The number of ketones is 1. The lowest BCUT2D eigenvalue weighted by Crippen LogP contribution is -2.50. The lowest BCUT2D eigenvalue weighted by molar-refractivity contribution is -0.122. The highest BCUT2D eigenvalue weighted by atomic mass is 16.1. The third kappa shape index (κ3) is 1.80. The number of hydrogen-bond donors (Lipinski definition) is 1. The molecule has 1 fully saturated rings. The van der Waals surface area contributed by atoms with E-state index >= 15 is 0 Å². The van der Waals surface area contributed by atoms with Crippen molar-refractivity contribution in [2.45, 2.75) is 45.1 Å². The average Bonchev–Trinajstić information content (AvgIpc) is 2.04. The molecule has 0 unspecified atom stereocenters. The van der Waals surface area contributed by atoms with E-state index in [9.17, 15) is 4.79 Å². The van der Waals surface area contributed by atoms with E-state index in [1.165, 1.54) is 0 Å². The van der Waals surface area contributed by atoms with E-state index in [0.29, 0.717) is 5.78 Å². The molecule has 0 spiro atoms. The number of rotatable bonds is 2. The fraction of sp³-hybridized carbons (Fsp3) is 0.889. The van der Waals surface area contributed by atoms with Gasteiger partial charge in [-0.1, -0.05) is 13.8 Å². The second kappa shape index (κ2) is 3.35. The molecule has 2 heteroatoms. The molecule has 1 aliphatic rings. The van der Waals surface area contributed by atoms with Gasteiger partial charge in [-0.3, -0.25) is 4.79 Å². The molecule has 1 saturated heterocycles. The van der Waals surface area contributed by atoms with Crippen LogP contribution in [0.15, 0.2) is 0 Å². The van der Waals surface area contributed by atoms with Crippen molar-refractivity contribution in [2.24, 2.45) is 0 Å². The Hall–Kier alpha value is -0.370. The Morgan fingerprint density at radius 2 is 2.09 bits per heavy atom. The summed E-state index contributed by atoms with van der Waals surface area (Å²) >= 11 is 0. The lowest BCUT2D eigenvalue weighted by atomic mass is 9.84. The molecule has 0 atom stereocenters. The highest BCUT2D eigenvalue weighted by Crippen LogP contribution is 2.23. The van der Waals surface area contributed by atoms with Crippen molar-refractivity contribution in [1.29, 1.82) is 0 Å². The second-order valence-corrected chi connectivity index (χ2v) is 3.38. The zero-order valence-electron chi connectivity index (χ0n) is 7.44. The van der Waals surface area contributed by atoms with Gasteiger partial charge in [0.15, 0.2) is 0 Å². The smallest absolute Gasteiger partial charge is 0.136 e. The van der Waals surface area contributed by atoms with Crippen LogP contribution in [0.25, 0.3) is 0 Å². The highest BCUT2D eigenvalue weighted by molar-refractivity contribution is 5.80. The third-order valence-electron chi connectivity index (χ3n) is 2.79. The van der Waals surface area contributed by atoms with Gasteiger partial charge >= 0.3 is 0 Å². The fourth-order valence-corrected chi connectivity index (χ4v) is 1.75. The van der Waals surface area contributed by atoms with Crippen LogP contribution >= 0.6 is 0 Å². The molecule has 1 heterocycles. The van der Waals surface area contributed by atoms with E-state index in [4.69, 9.17) is 0 Å². The largest absolute Gasteiger partial charge is 0.310 e. The highest BCUT2D eigenvalue weighted by Gasteiger charge is 2.31. The summed E-state index contributed by atoms with van der Waals surface area (Å²) in [5.41, 5.74) is 0.134. The fourth-order valence-electron chi connectivity index (χ4n) is 1.75. The van der Waals surface area contributed by atoms with Gasteiger partial charge in [0.25, 0.3) is 0 Å². The summed E-state index contributed by atoms with van der Waals surface area (Å²) in [6, 6.07) is 0. The molecule has 1 N–H and O–H groups in total. The number of Topliss-reactive ketones (excluding diaryl/α,β-unsaturated/α-hetero) is 1. The Morgan fingerprint density at radius 1 is 1.45 bits per heavy atom. The number of carbonyl (C=O) groups is 1. The van der Waals surface area contributed by atoms with Crippen molar-refractivity contribution in [1.82, 2.24) is 5.32 Å². The molecule has 64 valence electrons. The minimum atomic E-state index is 0.134. The number of carbonyl (C=O) groups excluding carboxylic acids is 1. The van der Waals surface area contributed by atoms with Crippen LogP contribution in [0, 0.1) is 0 Å². The molecule has 0 aromatic carbocycles. The van der Waals surface area contributed by atoms with Gasteiger partial charge in [-0.05, 0) is 12.8 Å². The van der Waals surface area contributed by atoms with Gasteiger partial charge in [-0.25, -0.2) is 0 Å². The maximum atomic E-state index is 11.2. The Bertz CT molecular complexity index is 150. The first-order valence-electron chi connectivity index (χ1n) is 4.49. The second-order valence-electron chi connectivity index (χ2n) is 3.38. The number of hydrogen-bond acceptors (Lipinski definition) is 2. The standard InChI is InChI=1S/C9H17NO/c1-3-9(4-2)7-8(11)5-6-10-9/h10H,3-7H2,1-2H3. The van der Waals surface area contributed by atoms with Crippen molar-refractivity contribution >= 4 is 5.78 Å². The quantitative estimate of drug-likeness (QED) is 0.654. The lowest BCUT2D eigenvalue weighted by Gasteiger charge is -2.36. The van der Waals surface area contributed by atoms with Crippen LogP contribution in [-0.4, -0.2) is 17.9 Å². The molecule has 11 heavy (non-hydrogen) atoms. The summed E-state index contributed by atoms with van der Waals surface area (Å²) in [6.07, 6.45) is 3.59. The van der Waals surface area contributed by atoms with Gasteiger partial charge in [0.2, 0.25) is 0 Å². The van der Waals surface area contributed by atoms with E-state index in [2.05, 4.69) is 19.2 Å². The Kier molecular flexibility index (Phi) is 2.66. The van der Waals surface area contributed by atoms with E-state index in [1.54, 1.807) is 0 Å². The predicted octanol–water partition coefficient (Wildman–Crippen LogP) is 1.50. The molecular weight excluding hydrogens is 138 g/mol. The predicted molar refractivity (Wildman–Crippen MR) is 45.6 cm³/mol. The Morgan fingerprint density at radius 3 is 2.45 bits per heavy atom. The molecule has 0 bridgehead atoms. The summed E-state index contributed by atoms with van der Waals surface area (Å²) < 4.78 is 0. The number of nitrogens with one attached hydrogen (secondary N) is 1. The van der Waals surface area contributed by atoms with Crippen molar-refractivity contribution < 1.29 is 4.79 Å². The van der Waals surface area contributed by atoms with Crippen molar-refractivity contribution in [2.75, 3.05) is 6.54 Å². The minimum absolute atomic E-state index is 0.134. The first-order chi connectivity index (χ1) is 5.22. The normalized spacial score (nSPS) is 23.6. The number of piperidine rings is 1. The zero-order valence-corrected chi connectivity index (χ0v) is 7.44. The Balaban J connectivity index is 2.59. The third-order valence-corrected chi connectivity index (χ3v) is 2.79. The molecular formula is C9H17NO. The molecule has 2 nitrogen and oxygen atoms in total. The van der Waals surface area contributed by atoms with Crippen LogP contribution in [0.2, 0.25) is 0 Å². The average molecular weight is 155 g/mol. The summed E-state index contributed by atoms with van der Waals surface area (Å²) in [5, 5.41) is 3.44. The Labute approximate surface area is 68.4 Å². The van der Waals surface area contributed by atoms with Crippen LogP contribution in [0.5, 0.6) is 0 Å². The van der Waals surface area contributed by atoms with E-state index < -0.39 is 0 Å². The van der Waals surface area contributed by atoms with Crippen molar-refractivity contribution in [3.8, 4) is 0 Å². The van der Waals surface area contributed by atoms with Gasteiger partial charge in [0.1, 0.15) is 5.78 Å². The van der Waals surface area contributed by atoms with Crippen LogP contribution in [0.4, 0.5) is 0 Å². The van der Waals surface area contributed by atoms with Crippen LogP contribution in [-0.2, 0) is 4.79 Å². The molecule has 1 rings (SSSR count). The topological polar surface area (TPSA) is 29.1 Å². The molecule has 0 aromatic rings. The summed E-state index contributed by atoms with van der Waals surface area (Å²) in [5.74, 6) is 0.424. The minimum Gasteiger partial charge on any atom is -0.310 e. The summed E-state index contributed by atoms with van der Waals surface area (Å²) in [4.78, 5) is 11.2. The maximum absolute atomic E-state index is 11.2. The first-order valence-corrected chi connectivity index (χ1v) is 4.49. The van der Waals surface area contributed by atoms with Crippen molar-refractivity contribution in [3.05, 3.63) is 0 Å². The summed E-state index contributed by atoms with van der Waals surface area (Å²) in [6.45, 7) is 5.17. The summed E-state index contributed by atoms with van der Waals surface area (Å²) in [7, 11) is 0. The maximum Gasteiger partial charge on any atom is 0.136 e. The van der Waals surface area contributed by atoms with Gasteiger partial charge in [-0.2, -0.15) is 0 Å². The molecule has 0 aromatic heterocycles. The van der Waals surface area contributed by atoms with E-state index in [0.717, 1.165) is 32.2 Å². The molecule has 0 saturated carbocycles. The first kappa shape index (κ1) is 8.72. The van der Waals surface area contributed by atoms with E-state index in [1.807, 2.05) is 0 Å². The molecule has 1 aliphatic heterocycles. The van der Waals surface area contributed by atoms with Crippen LogP contribution in [0.3, 0.4) is 0 Å². The SMILES string of the molecule is CCC1(CC)CC(=O)CCN1.